The molecule has 1 rings (SSSR count). The van der Waals surface area contributed by atoms with Gasteiger partial charge in [0.05, 0.1) is 16.9 Å². The molecule has 0 aliphatic heterocycles. The molecule has 32 heavy (non-hydrogen) atoms. The van der Waals surface area contributed by atoms with Crippen molar-refractivity contribution >= 4 is 11.9 Å². The number of unbranched alkanes of at least 4 members (excludes halogenated alkanes) is 2. The van der Waals surface area contributed by atoms with Crippen molar-refractivity contribution in [2.75, 3.05) is 0 Å². The standard InChI is InChI=1S/C27H50O5/c1-9-27(8,23(29)30)18-20(3)13-11-10-12-16-25(4,5)24(31)32-26(6,7)21-15-14-19(2)17-22(21)28/h19-22,28H,9-18H2,1-8H3,(H,29,30). The predicted molar refractivity (Wildman–Crippen MR) is 129 cm³/mol. The van der Waals surface area contributed by atoms with Crippen LogP contribution in [0.2, 0.25) is 0 Å². The van der Waals surface area contributed by atoms with E-state index in [4.69, 9.17) is 4.74 Å². The van der Waals surface area contributed by atoms with Gasteiger partial charge in [0.15, 0.2) is 0 Å². The molecular formula is C27H50O5. The summed E-state index contributed by atoms with van der Waals surface area (Å²) < 4.78 is 5.98. The highest BCUT2D eigenvalue weighted by molar-refractivity contribution is 5.76. The number of hydrogen-bond donors (Lipinski definition) is 2. The lowest BCUT2D eigenvalue weighted by Gasteiger charge is -2.42. The smallest absolute Gasteiger partial charge is 0.312 e. The van der Waals surface area contributed by atoms with Crippen LogP contribution in [0.5, 0.6) is 0 Å². The maximum atomic E-state index is 13.0. The number of carbonyl (C=O) groups is 2. The SMILES string of the molecule is CCC(C)(CC(C)CCCCCC(C)(C)C(=O)OC(C)(C)C1CCC(C)CC1O)C(=O)O. The molecule has 0 aromatic heterocycles. The zero-order valence-electron chi connectivity index (χ0n) is 22.0. The summed E-state index contributed by atoms with van der Waals surface area (Å²) in [7, 11) is 0. The molecule has 1 fully saturated rings. The second kappa shape index (κ2) is 11.9. The molecule has 0 saturated heterocycles. The Morgan fingerprint density at radius 2 is 1.69 bits per heavy atom. The summed E-state index contributed by atoms with van der Waals surface area (Å²) in [5.74, 6) is -0.00193. The summed E-state index contributed by atoms with van der Waals surface area (Å²) >= 11 is 0. The van der Waals surface area contributed by atoms with Crippen molar-refractivity contribution in [1.29, 1.82) is 0 Å². The predicted octanol–water partition coefficient (Wildman–Crippen LogP) is 6.61. The first-order chi connectivity index (χ1) is 14.6. The van der Waals surface area contributed by atoms with E-state index in [1.807, 2.05) is 41.5 Å². The van der Waals surface area contributed by atoms with Crippen LogP contribution in [0.15, 0.2) is 0 Å². The molecule has 5 nitrogen and oxygen atoms in total. The first-order valence-corrected chi connectivity index (χ1v) is 12.8. The molecule has 2 N–H and O–H groups in total. The van der Waals surface area contributed by atoms with Crippen LogP contribution in [0.1, 0.15) is 120 Å². The van der Waals surface area contributed by atoms with Gasteiger partial charge in [-0.2, -0.15) is 0 Å². The number of esters is 1. The summed E-state index contributed by atoms with van der Waals surface area (Å²) in [5.41, 5.74) is -1.86. The van der Waals surface area contributed by atoms with E-state index in [1.54, 1.807) is 0 Å². The van der Waals surface area contributed by atoms with Gasteiger partial charge in [0.1, 0.15) is 5.60 Å². The van der Waals surface area contributed by atoms with Crippen molar-refractivity contribution in [1.82, 2.24) is 0 Å². The van der Waals surface area contributed by atoms with Crippen LogP contribution in [0, 0.1) is 28.6 Å². The maximum absolute atomic E-state index is 13.0. The second-order valence-electron chi connectivity index (χ2n) is 12.1. The van der Waals surface area contributed by atoms with Gasteiger partial charge in [0, 0.05) is 5.92 Å². The van der Waals surface area contributed by atoms with Gasteiger partial charge < -0.3 is 14.9 Å². The first-order valence-electron chi connectivity index (χ1n) is 12.8. The molecular weight excluding hydrogens is 404 g/mol. The lowest BCUT2D eigenvalue weighted by atomic mass is 9.73. The fourth-order valence-electron chi connectivity index (χ4n) is 5.21. The molecule has 188 valence electrons. The molecule has 0 heterocycles. The van der Waals surface area contributed by atoms with Crippen LogP contribution in [-0.4, -0.2) is 33.9 Å². The average molecular weight is 455 g/mol. The van der Waals surface area contributed by atoms with Crippen molar-refractivity contribution < 1.29 is 24.5 Å². The number of hydrogen-bond acceptors (Lipinski definition) is 4. The lowest BCUT2D eigenvalue weighted by Crippen LogP contribution is -2.47. The monoisotopic (exact) mass is 454 g/mol. The molecule has 0 bridgehead atoms. The Morgan fingerprint density at radius 3 is 2.22 bits per heavy atom. The van der Waals surface area contributed by atoms with Crippen molar-refractivity contribution in [3.05, 3.63) is 0 Å². The van der Waals surface area contributed by atoms with E-state index in [2.05, 4.69) is 13.8 Å². The molecule has 0 amide bonds. The van der Waals surface area contributed by atoms with E-state index < -0.39 is 28.5 Å². The van der Waals surface area contributed by atoms with Crippen LogP contribution < -0.4 is 0 Å². The second-order valence-corrected chi connectivity index (χ2v) is 12.1. The fourth-order valence-corrected chi connectivity index (χ4v) is 5.21. The Morgan fingerprint density at radius 1 is 1.06 bits per heavy atom. The summed E-state index contributed by atoms with van der Waals surface area (Å²) in [5, 5.41) is 20.0. The molecule has 1 aliphatic carbocycles. The molecule has 1 aliphatic rings. The highest BCUT2D eigenvalue weighted by Crippen LogP contribution is 2.39. The van der Waals surface area contributed by atoms with E-state index in [9.17, 15) is 19.8 Å². The van der Waals surface area contributed by atoms with Crippen LogP contribution >= 0.6 is 0 Å². The first kappa shape index (κ1) is 28.9. The molecule has 5 atom stereocenters. The molecule has 0 radical (unpaired) electrons. The van der Waals surface area contributed by atoms with Gasteiger partial charge in [-0.15, -0.1) is 0 Å². The third kappa shape index (κ3) is 8.35. The zero-order chi connectivity index (χ0) is 24.7. The van der Waals surface area contributed by atoms with Crippen LogP contribution in [0.25, 0.3) is 0 Å². The number of carboxylic acid groups (broad SMARTS) is 1. The largest absolute Gasteiger partial charge is 0.481 e. The number of ether oxygens (including phenoxy) is 1. The van der Waals surface area contributed by atoms with E-state index in [1.165, 1.54) is 0 Å². The highest BCUT2D eigenvalue weighted by Gasteiger charge is 2.43. The summed E-state index contributed by atoms with van der Waals surface area (Å²) in [6.07, 6.45) is 8.47. The van der Waals surface area contributed by atoms with Crippen molar-refractivity contribution in [2.45, 2.75) is 131 Å². The minimum atomic E-state index is -0.703. The molecule has 0 aromatic rings. The maximum Gasteiger partial charge on any atom is 0.312 e. The van der Waals surface area contributed by atoms with Crippen molar-refractivity contribution in [3.63, 3.8) is 0 Å². The number of rotatable bonds is 13. The summed E-state index contributed by atoms with van der Waals surface area (Å²) in [4.78, 5) is 24.5. The molecule has 1 saturated carbocycles. The van der Waals surface area contributed by atoms with Crippen molar-refractivity contribution in [2.24, 2.45) is 28.6 Å². The number of aliphatic hydroxyl groups is 1. The topological polar surface area (TPSA) is 83.8 Å². The van der Waals surface area contributed by atoms with E-state index in [0.717, 1.165) is 51.4 Å². The Labute approximate surface area is 196 Å². The van der Waals surface area contributed by atoms with Gasteiger partial charge in [0.25, 0.3) is 0 Å². The summed E-state index contributed by atoms with van der Waals surface area (Å²) in [6, 6.07) is 0. The van der Waals surface area contributed by atoms with Crippen molar-refractivity contribution in [3.8, 4) is 0 Å². The normalized spacial score (nSPS) is 25.1. The van der Waals surface area contributed by atoms with E-state index >= 15 is 0 Å². The minimum absolute atomic E-state index is 0.0143. The number of carboxylic acids is 1. The molecule has 0 aromatic carbocycles. The number of carbonyl (C=O) groups excluding carboxylic acids is 1. The Kier molecular flexibility index (Phi) is 10.7. The molecule has 0 spiro atoms. The van der Waals surface area contributed by atoms with Gasteiger partial charge >= 0.3 is 11.9 Å². The van der Waals surface area contributed by atoms with E-state index in [0.29, 0.717) is 24.7 Å². The van der Waals surface area contributed by atoms with Crippen LogP contribution in [0.3, 0.4) is 0 Å². The Hall–Kier alpha value is -1.10. The fraction of sp³-hybridized carbons (Fsp3) is 0.926. The number of aliphatic carboxylic acids is 1. The third-order valence-electron chi connectivity index (χ3n) is 7.97. The van der Waals surface area contributed by atoms with Gasteiger partial charge in [0.2, 0.25) is 0 Å². The Balaban J connectivity index is 2.44. The third-order valence-corrected chi connectivity index (χ3v) is 7.97. The average Bonchev–Trinajstić information content (AvgIpc) is 2.66. The van der Waals surface area contributed by atoms with Gasteiger partial charge in [-0.05, 0) is 78.6 Å². The Bertz CT molecular complexity index is 611. The quantitative estimate of drug-likeness (QED) is 0.242. The lowest BCUT2D eigenvalue weighted by molar-refractivity contribution is -0.180. The summed E-state index contributed by atoms with van der Waals surface area (Å²) in [6.45, 7) is 15.9. The van der Waals surface area contributed by atoms with Crippen LogP contribution in [0.4, 0.5) is 0 Å². The van der Waals surface area contributed by atoms with Crippen LogP contribution in [-0.2, 0) is 14.3 Å². The van der Waals surface area contributed by atoms with Gasteiger partial charge in [-0.3, -0.25) is 9.59 Å². The molecule has 5 heteroatoms. The zero-order valence-corrected chi connectivity index (χ0v) is 22.0. The molecule has 5 unspecified atom stereocenters. The van der Waals surface area contributed by atoms with E-state index in [-0.39, 0.29) is 11.9 Å². The van der Waals surface area contributed by atoms with Gasteiger partial charge in [-0.1, -0.05) is 52.9 Å². The minimum Gasteiger partial charge on any atom is -0.481 e. The highest BCUT2D eigenvalue weighted by atomic mass is 16.6. The number of aliphatic hydroxyl groups excluding tert-OH is 1. The van der Waals surface area contributed by atoms with Gasteiger partial charge in [-0.25, -0.2) is 0 Å².